The molecule has 80 valence electrons. The highest BCUT2D eigenvalue weighted by atomic mass is 79.9. The number of rotatable bonds is 2. The van der Waals surface area contributed by atoms with Gasteiger partial charge in [-0.05, 0) is 30.7 Å². The molecule has 0 unspecified atom stereocenters. The third kappa shape index (κ3) is 3.14. The number of hydrogen-bond donors (Lipinski definition) is 0. The van der Waals surface area contributed by atoms with Gasteiger partial charge in [0.2, 0.25) is 0 Å². The van der Waals surface area contributed by atoms with Crippen molar-refractivity contribution in [3.05, 3.63) is 34.3 Å². The van der Waals surface area contributed by atoms with Crippen molar-refractivity contribution in [2.45, 2.75) is 19.4 Å². The van der Waals surface area contributed by atoms with Crippen LogP contribution in [-0.2, 0) is 11.3 Å². The fourth-order valence-corrected chi connectivity index (χ4v) is 2.15. The molecule has 1 heterocycles. The van der Waals surface area contributed by atoms with Crippen LogP contribution in [0.3, 0.4) is 0 Å². The Morgan fingerprint density at radius 3 is 2.67 bits per heavy atom. The Balaban J connectivity index is 1.96. The Labute approximate surface area is 98.4 Å². The number of benzene rings is 1. The number of likely N-dealkylation sites (tertiary alicyclic amines) is 1. The van der Waals surface area contributed by atoms with Crippen molar-refractivity contribution in [3.8, 4) is 0 Å². The molecule has 1 aliphatic rings. The average molecular weight is 268 g/mol. The summed E-state index contributed by atoms with van der Waals surface area (Å²) in [7, 11) is 0. The third-order valence-electron chi connectivity index (χ3n) is 2.65. The Morgan fingerprint density at radius 2 is 2.00 bits per heavy atom. The van der Waals surface area contributed by atoms with Gasteiger partial charge in [0.15, 0.2) is 0 Å². The molecule has 0 radical (unpaired) electrons. The highest BCUT2D eigenvalue weighted by molar-refractivity contribution is 9.10. The second kappa shape index (κ2) is 4.90. The fraction of sp³-hybridized carbons (Fsp3) is 0.417. The highest BCUT2D eigenvalue weighted by Gasteiger charge is 2.16. The molecular weight excluding hydrogens is 254 g/mol. The zero-order valence-corrected chi connectivity index (χ0v) is 10.2. The van der Waals surface area contributed by atoms with Gasteiger partial charge in [0, 0.05) is 17.4 Å². The van der Waals surface area contributed by atoms with Gasteiger partial charge in [-0.2, -0.15) is 0 Å². The van der Waals surface area contributed by atoms with Crippen molar-refractivity contribution < 1.29 is 4.79 Å². The van der Waals surface area contributed by atoms with Crippen LogP contribution in [0.2, 0.25) is 0 Å². The lowest BCUT2D eigenvalue weighted by molar-refractivity contribution is -0.122. The predicted molar refractivity (Wildman–Crippen MR) is 63.7 cm³/mol. The molecule has 2 nitrogen and oxygen atoms in total. The molecule has 0 spiro atoms. The number of nitrogens with zero attached hydrogens (tertiary/aromatic N) is 1. The van der Waals surface area contributed by atoms with E-state index in [1.54, 1.807) is 0 Å². The van der Waals surface area contributed by atoms with Crippen molar-refractivity contribution >= 4 is 21.7 Å². The summed E-state index contributed by atoms with van der Waals surface area (Å²) in [6.45, 7) is 2.55. The van der Waals surface area contributed by atoms with E-state index in [2.05, 4.69) is 33.0 Å². The van der Waals surface area contributed by atoms with E-state index < -0.39 is 0 Å². The molecule has 3 heteroatoms. The number of carbonyl (C=O) groups is 1. The van der Waals surface area contributed by atoms with Crippen LogP contribution in [0.1, 0.15) is 18.4 Å². The largest absolute Gasteiger partial charge is 0.298 e. The second-order valence-corrected chi connectivity index (χ2v) is 4.90. The molecular formula is C12H14BrNO. The predicted octanol–water partition coefficient (Wildman–Crippen LogP) is 2.61. The standard InChI is InChI=1S/C12H14BrNO/c13-11-5-3-10(4-6-11)8-14-7-1-2-12(15)9-14/h3-6H,1-2,7-9H2. The molecule has 0 atom stereocenters. The zero-order chi connectivity index (χ0) is 10.7. The number of Topliss-reactive ketones (excluding diaryl/α,β-unsaturated/α-hetero) is 1. The lowest BCUT2D eigenvalue weighted by Crippen LogP contribution is -2.34. The van der Waals surface area contributed by atoms with Crippen molar-refractivity contribution in [2.75, 3.05) is 13.1 Å². The minimum atomic E-state index is 0.373. The summed E-state index contributed by atoms with van der Waals surface area (Å²) in [5.41, 5.74) is 1.27. The minimum Gasteiger partial charge on any atom is -0.298 e. The van der Waals surface area contributed by atoms with Crippen LogP contribution in [0.15, 0.2) is 28.7 Å². The highest BCUT2D eigenvalue weighted by Crippen LogP contribution is 2.14. The zero-order valence-electron chi connectivity index (χ0n) is 8.58. The van der Waals surface area contributed by atoms with E-state index in [0.29, 0.717) is 12.3 Å². The average Bonchev–Trinajstić information content (AvgIpc) is 2.22. The smallest absolute Gasteiger partial charge is 0.146 e. The first-order chi connectivity index (χ1) is 7.24. The summed E-state index contributed by atoms with van der Waals surface area (Å²) in [6, 6.07) is 8.29. The first-order valence-electron chi connectivity index (χ1n) is 5.22. The van der Waals surface area contributed by atoms with Gasteiger partial charge in [0.25, 0.3) is 0 Å². The maximum atomic E-state index is 11.3. The summed E-state index contributed by atoms with van der Waals surface area (Å²) in [4.78, 5) is 13.5. The van der Waals surface area contributed by atoms with E-state index >= 15 is 0 Å². The summed E-state index contributed by atoms with van der Waals surface area (Å²) in [5.74, 6) is 0.373. The first-order valence-corrected chi connectivity index (χ1v) is 6.02. The van der Waals surface area contributed by atoms with Crippen LogP contribution in [0, 0.1) is 0 Å². The molecule has 0 saturated carbocycles. The molecule has 1 aliphatic heterocycles. The summed E-state index contributed by atoms with van der Waals surface area (Å²) >= 11 is 3.41. The number of hydrogen-bond acceptors (Lipinski definition) is 2. The van der Waals surface area contributed by atoms with E-state index in [4.69, 9.17) is 0 Å². The van der Waals surface area contributed by atoms with Crippen LogP contribution in [-0.4, -0.2) is 23.8 Å². The van der Waals surface area contributed by atoms with E-state index in [1.165, 1.54) is 5.56 Å². The maximum absolute atomic E-state index is 11.3. The maximum Gasteiger partial charge on any atom is 0.146 e. The molecule has 1 saturated heterocycles. The van der Waals surface area contributed by atoms with Crippen LogP contribution in [0.25, 0.3) is 0 Å². The lowest BCUT2D eigenvalue weighted by atomic mass is 10.1. The molecule has 0 aromatic heterocycles. The number of ketones is 1. The molecule has 0 aliphatic carbocycles. The molecule has 1 aromatic rings. The van der Waals surface area contributed by atoms with Gasteiger partial charge >= 0.3 is 0 Å². The number of piperidine rings is 1. The second-order valence-electron chi connectivity index (χ2n) is 3.98. The Hall–Kier alpha value is -0.670. The lowest BCUT2D eigenvalue weighted by Gasteiger charge is -2.25. The van der Waals surface area contributed by atoms with E-state index in [0.717, 1.165) is 30.4 Å². The van der Waals surface area contributed by atoms with E-state index in [1.807, 2.05) is 12.1 Å². The summed E-state index contributed by atoms with van der Waals surface area (Å²) in [6.07, 6.45) is 1.77. The van der Waals surface area contributed by atoms with E-state index in [-0.39, 0.29) is 0 Å². The molecule has 15 heavy (non-hydrogen) atoms. The van der Waals surface area contributed by atoms with Crippen LogP contribution in [0.4, 0.5) is 0 Å². The molecule has 2 rings (SSSR count). The Kier molecular flexibility index (Phi) is 3.54. The number of carbonyl (C=O) groups excluding carboxylic acids is 1. The van der Waals surface area contributed by atoms with Gasteiger partial charge in [0.05, 0.1) is 6.54 Å². The quantitative estimate of drug-likeness (QED) is 0.821. The van der Waals surface area contributed by atoms with Gasteiger partial charge in [-0.1, -0.05) is 28.1 Å². The van der Waals surface area contributed by atoms with Gasteiger partial charge < -0.3 is 0 Å². The van der Waals surface area contributed by atoms with Gasteiger partial charge in [-0.3, -0.25) is 9.69 Å². The monoisotopic (exact) mass is 267 g/mol. The van der Waals surface area contributed by atoms with Crippen molar-refractivity contribution in [2.24, 2.45) is 0 Å². The van der Waals surface area contributed by atoms with Crippen molar-refractivity contribution in [1.82, 2.24) is 4.90 Å². The fourth-order valence-electron chi connectivity index (χ4n) is 1.89. The van der Waals surface area contributed by atoms with Gasteiger partial charge in [0.1, 0.15) is 5.78 Å². The Bertz CT molecular complexity index is 347. The third-order valence-corrected chi connectivity index (χ3v) is 3.18. The summed E-state index contributed by atoms with van der Waals surface area (Å²) in [5, 5.41) is 0. The molecule has 1 aromatic carbocycles. The number of halogens is 1. The SMILES string of the molecule is O=C1CCCN(Cc2ccc(Br)cc2)C1. The summed E-state index contributed by atoms with van der Waals surface area (Å²) < 4.78 is 1.10. The molecule has 0 N–H and O–H groups in total. The molecule has 0 amide bonds. The van der Waals surface area contributed by atoms with Gasteiger partial charge in [-0.15, -0.1) is 0 Å². The van der Waals surface area contributed by atoms with Crippen LogP contribution < -0.4 is 0 Å². The van der Waals surface area contributed by atoms with Crippen LogP contribution in [0.5, 0.6) is 0 Å². The molecule has 0 bridgehead atoms. The van der Waals surface area contributed by atoms with Crippen molar-refractivity contribution in [3.63, 3.8) is 0 Å². The Morgan fingerprint density at radius 1 is 1.27 bits per heavy atom. The first kappa shape index (κ1) is 10.8. The molecule has 1 fully saturated rings. The van der Waals surface area contributed by atoms with Crippen LogP contribution >= 0.6 is 15.9 Å². The van der Waals surface area contributed by atoms with E-state index in [9.17, 15) is 4.79 Å². The normalized spacial score (nSPS) is 18.1. The minimum absolute atomic E-state index is 0.373. The van der Waals surface area contributed by atoms with Gasteiger partial charge in [-0.25, -0.2) is 0 Å². The topological polar surface area (TPSA) is 20.3 Å². The van der Waals surface area contributed by atoms with Crippen molar-refractivity contribution in [1.29, 1.82) is 0 Å².